The first-order chi connectivity index (χ1) is 8.52. The number of hydrogen-bond donors (Lipinski definition) is 2. The predicted octanol–water partition coefficient (Wildman–Crippen LogP) is 2.71. The molecule has 0 bridgehead atoms. The number of carboxylic acid groups (broad SMARTS) is 1. The molecule has 98 valence electrons. The number of carboxylic acids is 1. The van der Waals surface area contributed by atoms with Gasteiger partial charge < -0.3 is 10.4 Å². The van der Waals surface area contributed by atoms with Crippen molar-refractivity contribution in [2.24, 2.45) is 0 Å². The summed E-state index contributed by atoms with van der Waals surface area (Å²) in [5.74, 6) is -1.21. The Kier molecular flexibility index (Phi) is 5.65. The quantitative estimate of drug-likeness (QED) is 0.834. The third-order valence-electron chi connectivity index (χ3n) is 2.48. The smallest absolute Gasteiger partial charge is 0.305 e. The molecule has 1 aromatic rings. The number of hydrogen-bond acceptors (Lipinski definition) is 2. The van der Waals surface area contributed by atoms with E-state index in [1.165, 1.54) is 0 Å². The Balaban J connectivity index is 2.68. The van der Waals surface area contributed by atoms with Gasteiger partial charge in [0.1, 0.15) is 0 Å². The van der Waals surface area contributed by atoms with Gasteiger partial charge in [0.15, 0.2) is 0 Å². The topological polar surface area (TPSA) is 66.4 Å². The van der Waals surface area contributed by atoms with Crippen LogP contribution >= 0.6 is 11.6 Å². The molecular formula is C13H16ClNO3. The van der Waals surface area contributed by atoms with Crippen LogP contribution in [-0.4, -0.2) is 23.0 Å². The summed E-state index contributed by atoms with van der Waals surface area (Å²) >= 11 is 5.80. The summed E-state index contributed by atoms with van der Waals surface area (Å²) in [4.78, 5) is 22.6. The molecule has 1 unspecified atom stereocenters. The lowest BCUT2D eigenvalue weighted by Gasteiger charge is -2.16. The summed E-state index contributed by atoms with van der Waals surface area (Å²) < 4.78 is 0. The Labute approximate surface area is 111 Å². The van der Waals surface area contributed by atoms with Crippen LogP contribution in [-0.2, 0) is 4.79 Å². The monoisotopic (exact) mass is 269 g/mol. The number of nitrogens with one attached hydrogen (secondary N) is 1. The zero-order valence-corrected chi connectivity index (χ0v) is 10.9. The Morgan fingerprint density at radius 1 is 1.44 bits per heavy atom. The fraction of sp³-hybridized carbons (Fsp3) is 0.385. The molecule has 0 spiro atoms. The van der Waals surface area contributed by atoms with Crippen molar-refractivity contribution in [1.29, 1.82) is 0 Å². The highest BCUT2D eigenvalue weighted by atomic mass is 35.5. The number of carbonyl (C=O) groups excluding carboxylic acids is 1. The second kappa shape index (κ2) is 7.01. The molecule has 18 heavy (non-hydrogen) atoms. The molecule has 0 radical (unpaired) electrons. The van der Waals surface area contributed by atoms with Gasteiger partial charge in [-0.25, -0.2) is 0 Å². The zero-order chi connectivity index (χ0) is 13.5. The van der Waals surface area contributed by atoms with Gasteiger partial charge in [-0.1, -0.05) is 31.0 Å². The SMILES string of the molecule is CCCC(CC(=O)O)NC(=O)c1cccc(Cl)c1. The molecular weight excluding hydrogens is 254 g/mol. The predicted molar refractivity (Wildman–Crippen MR) is 69.9 cm³/mol. The fourth-order valence-electron chi connectivity index (χ4n) is 1.68. The summed E-state index contributed by atoms with van der Waals surface area (Å²) in [6.07, 6.45) is 1.38. The average Bonchev–Trinajstić information content (AvgIpc) is 2.28. The second-order valence-electron chi connectivity index (χ2n) is 4.07. The number of halogens is 1. The van der Waals surface area contributed by atoms with Gasteiger partial charge >= 0.3 is 5.97 Å². The van der Waals surface area contributed by atoms with Gasteiger partial charge in [0.05, 0.1) is 6.42 Å². The highest BCUT2D eigenvalue weighted by molar-refractivity contribution is 6.30. The van der Waals surface area contributed by atoms with Gasteiger partial charge in [-0.2, -0.15) is 0 Å². The number of rotatable bonds is 6. The van der Waals surface area contributed by atoms with Gasteiger partial charge in [-0.05, 0) is 24.6 Å². The Hall–Kier alpha value is -1.55. The van der Waals surface area contributed by atoms with Crippen molar-refractivity contribution in [3.8, 4) is 0 Å². The van der Waals surface area contributed by atoms with Gasteiger partial charge in [0.2, 0.25) is 0 Å². The zero-order valence-electron chi connectivity index (χ0n) is 10.1. The Morgan fingerprint density at radius 3 is 2.72 bits per heavy atom. The molecule has 5 heteroatoms. The molecule has 1 rings (SSSR count). The van der Waals surface area contributed by atoms with E-state index in [4.69, 9.17) is 16.7 Å². The first kappa shape index (κ1) is 14.5. The van der Waals surface area contributed by atoms with Gasteiger partial charge in [-0.3, -0.25) is 9.59 Å². The van der Waals surface area contributed by atoms with Crippen molar-refractivity contribution < 1.29 is 14.7 Å². The largest absolute Gasteiger partial charge is 0.481 e. The summed E-state index contributed by atoms with van der Waals surface area (Å²) in [7, 11) is 0. The number of aliphatic carboxylic acids is 1. The van der Waals surface area contributed by atoms with Gasteiger partial charge in [-0.15, -0.1) is 0 Å². The maximum atomic E-state index is 11.9. The average molecular weight is 270 g/mol. The second-order valence-corrected chi connectivity index (χ2v) is 4.50. The molecule has 1 atom stereocenters. The summed E-state index contributed by atoms with van der Waals surface area (Å²) in [5, 5.41) is 12.0. The van der Waals surface area contributed by atoms with Crippen LogP contribution < -0.4 is 5.32 Å². The van der Waals surface area contributed by atoms with E-state index in [-0.39, 0.29) is 18.4 Å². The molecule has 0 saturated carbocycles. The molecule has 0 aliphatic carbocycles. The van der Waals surface area contributed by atoms with Crippen molar-refractivity contribution in [3.05, 3.63) is 34.9 Å². The first-order valence-corrected chi connectivity index (χ1v) is 6.19. The minimum atomic E-state index is -0.917. The normalized spacial score (nSPS) is 11.9. The highest BCUT2D eigenvalue weighted by Gasteiger charge is 2.16. The molecule has 0 fully saturated rings. The maximum absolute atomic E-state index is 11.9. The Morgan fingerprint density at radius 2 is 2.17 bits per heavy atom. The van der Waals surface area contributed by atoms with Crippen molar-refractivity contribution in [2.45, 2.75) is 32.2 Å². The number of amides is 1. The molecule has 0 aliphatic rings. The molecule has 0 heterocycles. The highest BCUT2D eigenvalue weighted by Crippen LogP contribution is 2.11. The summed E-state index contributed by atoms with van der Waals surface area (Å²) in [5.41, 5.74) is 0.439. The third-order valence-corrected chi connectivity index (χ3v) is 2.72. The van der Waals surface area contributed by atoms with Crippen LogP contribution in [0.15, 0.2) is 24.3 Å². The number of benzene rings is 1. The van der Waals surface area contributed by atoms with Crippen LogP contribution in [0.25, 0.3) is 0 Å². The Bertz CT molecular complexity index is 434. The van der Waals surface area contributed by atoms with Crippen LogP contribution in [0.5, 0.6) is 0 Å². The van der Waals surface area contributed by atoms with E-state index >= 15 is 0 Å². The third kappa shape index (κ3) is 4.75. The lowest BCUT2D eigenvalue weighted by Crippen LogP contribution is -2.36. The van der Waals surface area contributed by atoms with Crippen LogP contribution in [0.2, 0.25) is 5.02 Å². The molecule has 1 amide bonds. The maximum Gasteiger partial charge on any atom is 0.305 e. The molecule has 0 aromatic heterocycles. The van der Waals surface area contributed by atoms with Gasteiger partial charge in [0.25, 0.3) is 5.91 Å². The van der Waals surface area contributed by atoms with Crippen molar-refractivity contribution >= 4 is 23.5 Å². The molecule has 4 nitrogen and oxygen atoms in total. The van der Waals surface area contributed by atoms with Gasteiger partial charge in [0, 0.05) is 16.6 Å². The van der Waals surface area contributed by atoms with Crippen LogP contribution in [0.4, 0.5) is 0 Å². The molecule has 0 saturated heterocycles. The van der Waals surface area contributed by atoms with Crippen molar-refractivity contribution in [2.75, 3.05) is 0 Å². The minimum absolute atomic E-state index is 0.0693. The van der Waals surface area contributed by atoms with E-state index in [0.717, 1.165) is 6.42 Å². The van der Waals surface area contributed by atoms with E-state index in [1.807, 2.05) is 6.92 Å². The van der Waals surface area contributed by atoms with E-state index in [9.17, 15) is 9.59 Å². The van der Waals surface area contributed by atoms with E-state index in [2.05, 4.69) is 5.32 Å². The van der Waals surface area contributed by atoms with Crippen LogP contribution in [0, 0.1) is 0 Å². The standard InChI is InChI=1S/C13H16ClNO3/c1-2-4-11(8-12(16)17)15-13(18)9-5-3-6-10(14)7-9/h3,5-7,11H,2,4,8H2,1H3,(H,15,18)(H,16,17). The molecule has 0 aliphatic heterocycles. The van der Waals surface area contributed by atoms with E-state index < -0.39 is 5.97 Å². The van der Waals surface area contributed by atoms with Crippen molar-refractivity contribution in [3.63, 3.8) is 0 Å². The summed E-state index contributed by atoms with van der Waals surface area (Å²) in [6, 6.07) is 6.22. The molecule has 1 aromatic carbocycles. The van der Waals surface area contributed by atoms with E-state index in [1.54, 1.807) is 24.3 Å². The molecule has 2 N–H and O–H groups in total. The van der Waals surface area contributed by atoms with Crippen molar-refractivity contribution in [1.82, 2.24) is 5.32 Å². The number of carbonyl (C=O) groups is 2. The van der Waals surface area contributed by atoms with E-state index in [0.29, 0.717) is 17.0 Å². The lowest BCUT2D eigenvalue weighted by atomic mass is 10.1. The van der Waals surface area contributed by atoms with Crippen LogP contribution in [0.1, 0.15) is 36.5 Å². The first-order valence-electron chi connectivity index (χ1n) is 5.81. The fourth-order valence-corrected chi connectivity index (χ4v) is 1.87. The van der Waals surface area contributed by atoms with Crippen LogP contribution in [0.3, 0.4) is 0 Å². The minimum Gasteiger partial charge on any atom is -0.481 e. The summed E-state index contributed by atoms with van der Waals surface area (Å²) in [6.45, 7) is 1.94. The lowest BCUT2D eigenvalue weighted by molar-refractivity contribution is -0.137.